The van der Waals surface area contributed by atoms with Crippen LogP contribution in [0.1, 0.15) is 4.88 Å². The van der Waals surface area contributed by atoms with Gasteiger partial charge in [0.15, 0.2) is 0 Å². The van der Waals surface area contributed by atoms with Gasteiger partial charge in [0.05, 0.1) is 5.75 Å². The summed E-state index contributed by atoms with van der Waals surface area (Å²) in [5.74, 6) is 0.214. The third kappa shape index (κ3) is 7.81. The van der Waals surface area contributed by atoms with Gasteiger partial charge >= 0.3 is 0 Å². The molecule has 0 saturated heterocycles. The number of hydrogen-bond acceptors (Lipinski definition) is 5. The van der Waals surface area contributed by atoms with Crippen LogP contribution in [0.25, 0.3) is 0 Å². The molecule has 0 radical (unpaired) electrons. The van der Waals surface area contributed by atoms with Crippen molar-refractivity contribution in [1.29, 1.82) is 0 Å². The van der Waals surface area contributed by atoms with Crippen LogP contribution in [-0.4, -0.2) is 58.6 Å². The number of nitrogens with one attached hydrogen (secondary N) is 1. The van der Waals surface area contributed by atoms with Crippen molar-refractivity contribution in [3.63, 3.8) is 0 Å². The molecular formula is C12H22N2O2S2. The van der Waals surface area contributed by atoms with Gasteiger partial charge in [-0.05, 0) is 24.9 Å². The maximum absolute atomic E-state index is 10.9. The lowest BCUT2D eigenvalue weighted by Gasteiger charge is -2.16. The molecule has 104 valence electrons. The third-order valence-corrected chi connectivity index (χ3v) is 4.52. The zero-order valence-corrected chi connectivity index (χ0v) is 12.7. The van der Waals surface area contributed by atoms with Crippen LogP contribution in [0.5, 0.6) is 0 Å². The molecule has 18 heavy (non-hydrogen) atoms. The topological polar surface area (TPSA) is 49.4 Å². The second kappa shape index (κ2) is 7.89. The summed E-state index contributed by atoms with van der Waals surface area (Å²) in [6.07, 6.45) is 2.35. The third-order valence-electron chi connectivity index (χ3n) is 2.64. The van der Waals surface area contributed by atoms with Crippen LogP contribution in [0.3, 0.4) is 0 Å². The molecule has 0 aliphatic rings. The Hall–Kier alpha value is -0.430. The Bertz CT molecular complexity index is 415. The largest absolute Gasteiger partial charge is 0.314 e. The van der Waals surface area contributed by atoms with Gasteiger partial charge in [0, 0.05) is 37.3 Å². The van der Waals surface area contributed by atoms with Crippen molar-refractivity contribution in [2.45, 2.75) is 6.42 Å². The molecule has 0 bridgehead atoms. The molecule has 0 unspecified atom stereocenters. The molecule has 0 spiro atoms. The molecule has 1 heterocycles. The molecule has 4 nitrogen and oxygen atoms in total. The van der Waals surface area contributed by atoms with Crippen molar-refractivity contribution >= 4 is 21.2 Å². The fraction of sp³-hybridized carbons (Fsp3) is 0.667. The fourth-order valence-electron chi connectivity index (χ4n) is 1.52. The van der Waals surface area contributed by atoms with Gasteiger partial charge in [-0.2, -0.15) is 0 Å². The van der Waals surface area contributed by atoms with Crippen molar-refractivity contribution in [2.24, 2.45) is 0 Å². The van der Waals surface area contributed by atoms with E-state index in [-0.39, 0.29) is 5.75 Å². The summed E-state index contributed by atoms with van der Waals surface area (Å²) in [5, 5.41) is 5.25. The summed E-state index contributed by atoms with van der Waals surface area (Å²) in [6, 6.07) is 4.23. The van der Waals surface area contributed by atoms with Crippen molar-refractivity contribution in [3.8, 4) is 0 Å². The van der Waals surface area contributed by atoms with Gasteiger partial charge in [0.25, 0.3) is 0 Å². The average molecular weight is 290 g/mol. The monoisotopic (exact) mass is 290 g/mol. The number of hydrogen-bond donors (Lipinski definition) is 1. The van der Waals surface area contributed by atoms with Crippen LogP contribution in [0.4, 0.5) is 0 Å². The Morgan fingerprint density at radius 1 is 1.33 bits per heavy atom. The molecule has 0 saturated carbocycles. The molecule has 0 aromatic carbocycles. The standard InChI is InChI=1S/C12H22N2O2S2/c1-14(8-5-12-4-3-10-17-12)9-6-13-7-11-18(2,15)16/h3-4,10,13H,5-9,11H2,1-2H3. The lowest BCUT2D eigenvalue weighted by atomic mass is 10.3. The smallest absolute Gasteiger partial charge is 0.148 e. The Morgan fingerprint density at radius 2 is 2.11 bits per heavy atom. The minimum absolute atomic E-state index is 0.214. The molecule has 0 aliphatic carbocycles. The van der Waals surface area contributed by atoms with E-state index in [1.807, 2.05) is 0 Å². The Labute approximate surface area is 114 Å². The second-order valence-electron chi connectivity index (χ2n) is 4.51. The number of likely N-dealkylation sites (N-methyl/N-ethyl adjacent to an activating group) is 1. The summed E-state index contributed by atoms with van der Waals surface area (Å²) < 4.78 is 21.8. The normalized spacial score (nSPS) is 12.2. The maximum Gasteiger partial charge on any atom is 0.148 e. The molecule has 0 atom stereocenters. The first-order chi connectivity index (χ1) is 8.47. The lowest BCUT2D eigenvalue weighted by molar-refractivity contribution is 0.338. The van der Waals surface area contributed by atoms with E-state index in [0.717, 1.165) is 26.1 Å². The highest BCUT2D eigenvalue weighted by Crippen LogP contribution is 2.09. The van der Waals surface area contributed by atoms with Gasteiger partial charge in [0.1, 0.15) is 9.84 Å². The predicted molar refractivity (Wildman–Crippen MR) is 78.1 cm³/mol. The minimum atomic E-state index is -2.84. The summed E-state index contributed by atoms with van der Waals surface area (Å²) >= 11 is 1.79. The summed E-state index contributed by atoms with van der Waals surface area (Å²) in [7, 11) is -0.750. The van der Waals surface area contributed by atoms with E-state index < -0.39 is 9.84 Å². The summed E-state index contributed by atoms with van der Waals surface area (Å²) in [5.41, 5.74) is 0. The van der Waals surface area contributed by atoms with Crippen LogP contribution < -0.4 is 5.32 Å². The van der Waals surface area contributed by atoms with Crippen LogP contribution in [0.2, 0.25) is 0 Å². The Balaban J connectivity index is 2.01. The molecule has 1 rings (SSSR count). The van der Waals surface area contributed by atoms with E-state index in [0.29, 0.717) is 6.54 Å². The van der Waals surface area contributed by atoms with Crippen molar-refractivity contribution in [1.82, 2.24) is 10.2 Å². The first-order valence-electron chi connectivity index (χ1n) is 6.07. The van der Waals surface area contributed by atoms with E-state index in [1.54, 1.807) is 11.3 Å². The number of thiophene rings is 1. The van der Waals surface area contributed by atoms with E-state index in [1.165, 1.54) is 11.1 Å². The Morgan fingerprint density at radius 3 is 2.72 bits per heavy atom. The zero-order chi connectivity index (χ0) is 13.4. The molecule has 0 amide bonds. The highest BCUT2D eigenvalue weighted by Gasteiger charge is 2.02. The van der Waals surface area contributed by atoms with E-state index >= 15 is 0 Å². The number of nitrogens with zero attached hydrogens (tertiary/aromatic N) is 1. The SMILES string of the molecule is CN(CCNCCS(C)(=O)=O)CCc1cccs1. The van der Waals surface area contributed by atoms with Crippen molar-refractivity contribution < 1.29 is 8.42 Å². The molecule has 0 aliphatic heterocycles. The van der Waals surface area contributed by atoms with Crippen LogP contribution >= 0.6 is 11.3 Å². The zero-order valence-electron chi connectivity index (χ0n) is 11.1. The molecule has 1 aromatic rings. The number of rotatable bonds is 9. The first-order valence-corrected chi connectivity index (χ1v) is 9.01. The predicted octanol–water partition coefficient (Wildman–Crippen LogP) is 0.857. The molecule has 6 heteroatoms. The second-order valence-corrected chi connectivity index (χ2v) is 7.80. The highest BCUT2D eigenvalue weighted by molar-refractivity contribution is 7.90. The summed E-state index contributed by atoms with van der Waals surface area (Å²) in [6.45, 7) is 3.34. The van der Waals surface area contributed by atoms with E-state index in [4.69, 9.17) is 0 Å². The van der Waals surface area contributed by atoms with Crippen LogP contribution in [0.15, 0.2) is 17.5 Å². The van der Waals surface area contributed by atoms with Gasteiger partial charge in [-0.15, -0.1) is 11.3 Å². The van der Waals surface area contributed by atoms with Crippen molar-refractivity contribution in [2.75, 3.05) is 45.2 Å². The van der Waals surface area contributed by atoms with Gasteiger partial charge in [0.2, 0.25) is 0 Å². The molecule has 0 fully saturated rings. The maximum atomic E-state index is 10.9. The molecule has 1 aromatic heterocycles. The van der Waals surface area contributed by atoms with E-state index in [9.17, 15) is 8.42 Å². The van der Waals surface area contributed by atoms with Crippen LogP contribution in [-0.2, 0) is 16.3 Å². The average Bonchev–Trinajstić information content (AvgIpc) is 2.77. The fourth-order valence-corrected chi connectivity index (χ4v) is 2.73. The minimum Gasteiger partial charge on any atom is -0.314 e. The lowest BCUT2D eigenvalue weighted by Crippen LogP contribution is -2.32. The van der Waals surface area contributed by atoms with Crippen molar-refractivity contribution in [3.05, 3.63) is 22.4 Å². The van der Waals surface area contributed by atoms with Gasteiger partial charge in [-0.25, -0.2) is 8.42 Å². The van der Waals surface area contributed by atoms with Gasteiger partial charge in [-0.3, -0.25) is 0 Å². The summed E-state index contributed by atoms with van der Waals surface area (Å²) in [4.78, 5) is 3.67. The number of sulfone groups is 1. The molecule has 1 N–H and O–H groups in total. The van der Waals surface area contributed by atoms with Crippen LogP contribution in [0, 0.1) is 0 Å². The van der Waals surface area contributed by atoms with Gasteiger partial charge < -0.3 is 10.2 Å². The van der Waals surface area contributed by atoms with Gasteiger partial charge in [-0.1, -0.05) is 6.07 Å². The highest BCUT2D eigenvalue weighted by atomic mass is 32.2. The molecular weight excluding hydrogens is 268 g/mol. The Kier molecular flexibility index (Phi) is 6.85. The van der Waals surface area contributed by atoms with E-state index in [2.05, 4.69) is 34.8 Å². The quantitative estimate of drug-likeness (QED) is 0.685. The first kappa shape index (κ1) is 15.6.